The van der Waals surface area contributed by atoms with Gasteiger partial charge in [-0.05, 0) is 43.5 Å². The van der Waals surface area contributed by atoms with Crippen LogP contribution in [0.25, 0.3) is 0 Å². The minimum Gasteiger partial charge on any atom is -0.508 e. The first-order chi connectivity index (χ1) is 8.61. The van der Waals surface area contributed by atoms with Gasteiger partial charge in [-0.2, -0.15) is 5.06 Å². The molecule has 2 unspecified atom stereocenters. The normalized spacial score (nSPS) is 21.3. The van der Waals surface area contributed by atoms with E-state index in [1.54, 1.807) is 12.1 Å². The Kier molecular flexibility index (Phi) is 3.99. The minimum atomic E-state index is -0.0203. The molecule has 4 heteroatoms. The lowest BCUT2D eigenvalue weighted by molar-refractivity contribution is -0.234. The van der Waals surface area contributed by atoms with Crippen LogP contribution in [-0.2, 0) is 16.2 Å². The first kappa shape index (κ1) is 13.1. The summed E-state index contributed by atoms with van der Waals surface area (Å²) in [7, 11) is 0. The van der Waals surface area contributed by atoms with E-state index in [-0.39, 0.29) is 17.9 Å². The molecular weight excluding hydrogens is 230 g/mol. The van der Waals surface area contributed by atoms with Crippen LogP contribution < -0.4 is 0 Å². The lowest BCUT2D eigenvalue weighted by Gasteiger charge is -2.36. The molecule has 98 valence electrons. The number of carbonyl (C=O) groups is 1. The Morgan fingerprint density at radius 1 is 1.61 bits per heavy atom. The number of aromatic hydroxyl groups is 1. The maximum atomic E-state index is 10.4. The lowest BCUT2D eigenvalue weighted by Crippen LogP contribution is -2.37. The van der Waals surface area contributed by atoms with Crippen LogP contribution in [0.5, 0.6) is 5.75 Å². The molecule has 1 heterocycles. The molecule has 1 aliphatic heterocycles. The van der Waals surface area contributed by atoms with Crippen molar-refractivity contribution < 1.29 is 14.7 Å². The van der Waals surface area contributed by atoms with Crippen molar-refractivity contribution in [3.8, 4) is 5.75 Å². The molecule has 0 spiro atoms. The predicted molar refractivity (Wildman–Crippen MR) is 67.9 cm³/mol. The summed E-state index contributed by atoms with van der Waals surface area (Å²) in [5.74, 6) is 0.281. The molecule has 0 fully saturated rings. The van der Waals surface area contributed by atoms with Crippen LogP contribution >= 0.6 is 0 Å². The Balaban J connectivity index is 2.13. The molecule has 4 nitrogen and oxygen atoms in total. The number of hydroxylamine groups is 2. The minimum absolute atomic E-state index is 0.0203. The molecular formula is C14H19NO3. The monoisotopic (exact) mass is 249 g/mol. The van der Waals surface area contributed by atoms with Crippen LogP contribution in [0.1, 0.15) is 43.9 Å². The Hall–Kier alpha value is -1.39. The quantitative estimate of drug-likeness (QED) is 0.833. The van der Waals surface area contributed by atoms with Gasteiger partial charge in [-0.15, -0.1) is 0 Å². The molecule has 1 aliphatic rings. The van der Waals surface area contributed by atoms with Crippen molar-refractivity contribution in [2.75, 3.05) is 0 Å². The second-order valence-corrected chi connectivity index (χ2v) is 4.80. The number of nitrogens with zero attached hydrogens (tertiary/aromatic N) is 1. The van der Waals surface area contributed by atoms with Gasteiger partial charge in [0.25, 0.3) is 0 Å². The molecule has 1 aromatic rings. The van der Waals surface area contributed by atoms with Crippen LogP contribution in [0.2, 0.25) is 0 Å². The number of phenols is 1. The summed E-state index contributed by atoms with van der Waals surface area (Å²) in [6.07, 6.45) is 2.24. The molecule has 0 saturated carbocycles. The molecule has 0 bridgehead atoms. The Labute approximate surface area is 107 Å². The number of aldehydes is 1. The SMILES string of the molecule is CC1ON(C(C)CCC=O)Cc2cc(O)ccc21. The summed E-state index contributed by atoms with van der Waals surface area (Å²) in [4.78, 5) is 16.3. The number of fused-ring (bicyclic) bond motifs is 1. The molecule has 0 radical (unpaired) electrons. The molecule has 2 atom stereocenters. The largest absolute Gasteiger partial charge is 0.508 e. The van der Waals surface area contributed by atoms with Gasteiger partial charge in [-0.3, -0.25) is 4.84 Å². The number of benzene rings is 1. The molecule has 1 N–H and O–H groups in total. The van der Waals surface area contributed by atoms with Gasteiger partial charge < -0.3 is 9.90 Å². The number of hydrogen-bond donors (Lipinski definition) is 1. The van der Waals surface area contributed by atoms with Crippen molar-refractivity contribution in [3.05, 3.63) is 29.3 Å². The fourth-order valence-corrected chi connectivity index (χ4v) is 2.30. The highest BCUT2D eigenvalue weighted by molar-refractivity contribution is 5.49. The predicted octanol–water partition coefficient (Wildman–Crippen LogP) is 2.57. The fraction of sp³-hybridized carbons (Fsp3) is 0.500. The molecule has 18 heavy (non-hydrogen) atoms. The van der Waals surface area contributed by atoms with Crippen molar-refractivity contribution >= 4 is 6.29 Å². The average Bonchev–Trinajstić information content (AvgIpc) is 2.35. The van der Waals surface area contributed by atoms with Crippen molar-refractivity contribution in [2.24, 2.45) is 0 Å². The van der Waals surface area contributed by atoms with Crippen LogP contribution in [0, 0.1) is 0 Å². The Morgan fingerprint density at radius 3 is 3.11 bits per heavy atom. The number of carbonyl (C=O) groups excluding carboxylic acids is 1. The van der Waals surface area contributed by atoms with E-state index in [1.165, 1.54) is 0 Å². The van der Waals surface area contributed by atoms with Gasteiger partial charge in [0.1, 0.15) is 18.1 Å². The summed E-state index contributed by atoms with van der Waals surface area (Å²) < 4.78 is 0. The second kappa shape index (κ2) is 5.50. The van der Waals surface area contributed by atoms with E-state index >= 15 is 0 Å². The zero-order valence-electron chi connectivity index (χ0n) is 10.8. The summed E-state index contributed by atoms with van der Waals surface area (Å²) in [6, 6.07) is 5.56. The van der Waals surface area contributed by atoms with Gasteiger partial charge in [0.05, 0.1) is 0 Å². The van der Waals surface area contributed by atoms with Crippen molar-refractivity contribution in [3.63, 3.8) is 0 Å². The van der Waals surface area contributed by atoms with E-state index < -0.39 is 0 Å². The highest BCUT2D eigenvalue weighted by atomic mass is 16.7. The molecule has 0 aliphatic carbocycles. The van der Waals surface area contributed by atoms with E-state index in [1.807, 2.05) is 25.0 Å². The molecule has 0 amide bonds. The lowest BCUT2D eigenvalue weighted by atomic mass is 10.0. The van der Waals surface area contributed by atoms with Crippen LogP contribution in [0.15, 0.2) is 18.2 Å². The molecule has 1 aromatic carbocycles. The second-order valence-electron chi connectivity index (χ2n) is 4.80. The zero-order chi connectivity index (χ0) is 13.1. The maximum Gasteiger partial charge on any atom is 0.120 e. The highest BCUT2D eigenvalue weighted by Crippen LogP contribution is 2.32. The van der Waals surface area contributed by atoms with Gasteiger partial charge in [0.15, 0.2) is 0 Å². The summed E-state index contributed by atoms with van der Waals surface area (Å²) in [6.45, 7) is 4.69. The summed E-state index contributed by atoms with van der Waals surface area (Å²) in [5.41, 5.74) is 2.21. The third kappa shape index (κ3) is 2.71. The van der Waals surface area contributed by atoms with Gasteiger partial charge in [0, 0.05) is 19.0 Å². The van der Waals surface area contributed by atoms with Gasteiger partial charge >= 0.3 is 0 Å². The van der Waals surface area contributed by atoms with E-state index in [9.17, 15) is 9.90 Å². The van der Waals surface area contributed by atoms with Crippen molar-refractivity contribution in [1.29, 1.82) is 0 Å². The first-order valence-electron chi connectivity index (χ1n) is 6.30. The van der Waals surface area contributed by atoms with E-state index in [2.05, 4.69) is 0 Å². The fourth-order valence-electron chi connectivity index (χ4n) is 2.30. The third-order valence-corrected chi connectivity index (χ3v) is 3.38. The van der Waals surface area contributed by atoms with Crippen LogP contribution in [0.3, 0.4) is 0 Å². The smallest absolute Gasteiger partial charge is 0.120 e. The van der Waals surface area contributed by atoms with E-state index in [4.69, 9.17) is 4.84 Å². The van der Waals surface area contributed by atoms with E-state index in [0.717, 1.165) is 23.8 Å². The van der Waals surface area contributed by atoms with Crippen molar-refractivity contribution in [2.45, 2.75) is 45.4 Å². The number of phenolic OH excluding ortho intramolecular Hbond substituents is 1. The van der Waals surface area contributed by atoms with Crippen LogP contribution in [0.4, 0.5) is 0 Å². The summed E-state index contributed by atoms with van der Waals surface area (Å²) >= 11 is 0. The Bertz CT molecular complexity index is 433. The average molecular weight is 249 g/mol. The van der Waals surface area contributed by atoms with Gasteiger partial charge in [-0.1, -0.05) is 6.07 Å². The standard InChI is InChI=1S/C14H19NO3/c1-10(4-3-7-16)15-9-12-8-13(17)5-6-14(12)11(2)18-15/h5-8,10-11,17H,3-4,9H2,1-2H3. The molecule has 0 saturated heterocycles. The summed E-state index contributed by atoms with van der Waals surface area (Å²) in [5, 5.41) is 11.4. The van der Waals surface area contributed by atoms with E-state index in [0.29, 0.717) is 13.0 Å². The van der Waals surface area contributed by atoms with Crippen LogP contribution in [-0.4, -0.2) is 22.5 Å². The highest BCUT2D eigenvalue weighted by Gasteiger charge is 2.26. The molecule has 0 aromatic heterocycles. The number of hydrogen-bond acceptors (Lipinski definition) is 4. The zero-order valence-corrected chi connectivity index (χ0v) is 10.8. The first-order valence-corrected chi connectivity index (χ1v) is 6.30. The third-order valence-electron chi connectivity index (χ3n) is 3.38. The molecule has 2 rings (SSSR count). The number of rotatable bonds is 4. The van der Waals surface area contributed by atoms with Crippen molar-refractivity contribution in [1.82, 2.24) is 5.06 Å². The topological polar surface area (TPSA) is 49.8 Å². The maximum absolute atomic E-state index is 10.4. The van der Waals surface area contributed by atoms with Gasteiger partial charge in [0.2, 0.25) is 0 Å². The Morgan fingerprint density at radius 2 is 2.39 bits per heavy atom. The van der Waals surface area contributed by atoms with Gasteiger partial charge in [-0.25, -0.2) is 0 Å².